The second-order valence-corrected chi connectivity index (χ2v) is 5.39. The first-order valence-electron chi connectivity index (χ1n) is 6.80. The molecule has 3 rings (SSSR count). The van der Waals surface area contributed by atoms with Gasteiger partial charge in [-0.2, -0.15) is 13.2 Å². The molecule has 0 saturated carbocycles. The fraction of sp³-hybridized carbons (Fsp3) is 0.467. The van der Waals surface area contributed by atoms with Gasteiger partial charge in [0.15, 0.2) is 0 Å². The highest BCUT2D eigenvalue weighted by atomic mass is 19.4. The Hall–Kier alpha value is -1.49. The van der Waals surface area contributed by atoms with Gasteiger partial charge in [-0.15, -0.1) is 0 Å². The predicted molar refractivity (Wildman–Crippen MR) is 72.0 cm³/mol. The standard InChI is InChI=1S/C15H17F3N2/c1-3-14-9-19-7-8-20(14)10(2)13-11(14)5-4-6-12(13)15(16,17)18/h4-6,19H,2-3,7-9H2,1H3/t14-/m0/s1. The van der Waals surface area contributed by atoms with Crippen LogP contribution in [-0.4, -0.2) is 24.5 Å². The molecule has 1 fully saturated rings. The van der Waals surface area contributed by atoms with Crippen LogP contribution >= 0.6 is 0 Å². The molecule has 1 aromatic carbocycles. The molecule has 0 aliphatic carbocycles. The van der Waals surface area contributed by atoms with Crippen molar-refractivity contribution in [3.05, 3.63) is 41.5 Å². The first kappa shape index (κ1) is 13.5. The molecule has 1 saturated heterocycles. The van der Waals surface area contributed by atoms with Crippen molar-refractivity contribution in [1.82, 2.24) is 10.2 Å². The van der Waals surface area contributed by atoms with Crippen LogP contribution in [-0.2, 0) is 11.7 Å². The summed E-state index contributed by atoms with van der Waals surface area (Å²) in [6.45, 7) is 8.09. The van der Waals surface area contributed by atoms with Crippen LogP contribution in [0.25, 0.3) is 5.70 Å². The van der Waals surface area contributed by atoms with E-state index in [-0.39, 0.29) is 11.1 Å². The largest absolute Gasteiger partial charge is 0.417 e. The topological polar surface area (TPSA) is 15.3 Å². The fourth-order valence-electron chi connectivity index (χ4n) is 3.56. The lowest BCUT2D eigenvalue weighted by Crippen LogP contribution is -2.54. The van der Waals surface area contributed by atoms with Crippen molar-refractivity contribution in [3.63, 3.8) is 0 Å². The Balaban J connectivity index is 2.25. The van der Waals surface area contributed by atoms with E-state index in [4.69, 9.17) is 0 Å². The van der Waals surface area contributed by atoms with E-state index >= 15 is 0 Å². The van der Waals surface area contributed by atoms with Gasteiger partial charge in [-0.1, -0.05) is 25.6 Å². The smallest absolute Gasteiger partial charge is 0.359 e. The molecular formula is C15H17F3N2. The van der Waals surface area contributed by atoms with E-state index in [9.17, 15) is 13.2 Å². The molecule has 108 valence electrons. The molecule has 1 N–H and O–H groups in total. The van der Waals surface area contributed by atoms with Crippen LogP contribution in [0.2, 0.25) is 0 Å². The van der Waals surface area contributed by atoms with Crippen LogP contribution in [0, 0.1) is 0 Å². The molecule has 0 spiro atoms. The summed E-state index contributed by atoms with van der Waals surface area (Å²) >= 11 is 0. The summed E-state index contributed by atoms with van der Waals surface area (Å²) in [5.41, 5.74) is 0.599. The Morgan fingerprint density at radius 3 is 2.80 bits per heavy atom. The van der Waals surface area contributed by atoms with Crippen molar-refractivity contribution in [1.29, 1.82) is 0 Å². The number of alkyl halides is 3. The van der Waals surface area contributed by atoms with Crippen LogP contribution in [0.15, 0.2) is 24.8 Å². The van der Waals surface area contributed by atoms with Crippen LogP contribution in [0.4, 0.5) is 13.2 Å². The summed E-state index contributed by atoms with van der Waals surface area (Å²) in [4.78, 5) is 2.05. The number of nitrogens with one attached hydrogen (secondary N) is 1. The second kappa shape index (κ2) is 4.25. The zero-order valence-corrected chi connectivity index (χ0v) is 11.3. The zero-order valence-electron chi connectivity index (χ0n) is 11.3. The average molecular weight is 282 g/mol. The molecular weight excluding hydrogens is 265 g/mol. The molecule has 20 heavy (non-hydrogen) atoms. The molecule has 0 amide bonds. The first-order valence-corrected chi connectivity index (χ1v) is 6.80. The number of benzene rings is 1. The summed E-state index contributed by atoms with van der Waals surface area (Å²) in [6.07, 6.45) is -3.58. The summed E-state index contributed by atoms with van der Waals surface area (Å²) in [6, 6.07) is 4.47. The van der Waals surface area contributed by atoms with Gasteiger partial charge in [0, 0.05) is 30.9 Å². The molecule has 1 aromatic rings. The highest BCUT2D eigenvalue weighted by molar-refractivity contribution is 5.75. The Bertz CT molecular complexity index is 565. The van der Waals surface area contributed by atoms with Crippen molar-refractivity contribution in [2.75, 3.05) is 19.6 Å². The molecule has 0 radical (unpaired) electrons. The molecule has 2 aliphatic heterocycles. The Morgan fingerprint density at radius 2 is 2.15 bits per heavy atom. The number of hydrogen-bond donors (Lipinski definition) is 1. The van der Waals surface area contributed by atoms with Crippen LogP contribution < -0.4 is 5.32 Å². The lowest BCUT2D eigenvalue weighted by molar-refractivity contribution is -0.137. The van der Waals surface area contributed by atoms with Gasteiger partial charge in [0.05, 0.1) is 11.1 Å². The monoisotopic (exact) mass is 282 g/mol. The third kappa shape index (κ3) is 1.62. The van der Waals surface area contributed by atoms with E-state index in [0.29, 0.717) is 18.8 Å². The van der Waals surface area contributed by atoms with E-state index < -0.39 is 11.7 Å². The van der Waals surface area contributed by atoms with Crippen LogP contribution in [0.1, 0.15) is 30.0 Å². The summed E-state index contributed by atoms with van der Waals surface area (Å²) in [5.74, 6) is 0. The van der Waals surface area contributed by atoms with Crippen molar-refractivity contribution in [2.45, 2.75) is 25.1 Å². The third-order valence-corrected chi connectivity index (χ3v) is 4.52. The quantitative estimate of drug-likeness (QED) is 0.851. The predicted octanol–water partition coefficient (Wildman–Crippen LogP) is 3.20. The zero-order chi connectivity index (χ0) is 14.5. The molecule has 2 nitrogen and oxygen atoms in total. The minimum absolute atomic E-state index is 0.283. The highest BCUT2D eigenvalue weighted by Gasteiger charge is 2.50. The van der Waals surface area contributed by atoms with Gasteiger partial charge >= 0.3 is 6.18 Å². The van der Waals surface area contributed by atoms with Gasteiger partial charge in [0.25, 0.3) is 0 Å². The van der Waals surface area contributed by atoms with Gasteiger partial charge < -0.3 is 10.2 Å². The molecule has 5 heteroatoms. The number of rotatable bonds is 1. The number of nitrogens with zero attached hydrogens (tertiary/aromatic N) is 1. The fourth-order valence-corrected chi connectivity index (χ4v) is 3.56. The second-order valence-electron chi connectivity index (χ2n) is 5.39. The minimum atomic E-state index is -4.34. The van der Waals surface area contributed by atoms with Crippen molar-refractivity contribution < 1.29 is 13.2 Å². The summed E-state index contributed by atoms with van der Waals surface area (Å²) < 4.78 is 39.7. The van der Waals surface area contributed by atoms with E-state index in [1.54, 1.807) is 0 Å². The minimum Gasteiger partial charge on any atom is -0.359 e. The number of fused-ring (bicyclic) bond motifs is 3. The van der Waals surface area contributed by atoms with Crippen molar-refractivity contribution in [2.24, 2.45) is 0 Å². The number of piperazine rings is 1. The van der Waals surface area contributed by atoms with E-state index in [2.05, 4.69) is 11.9 Å². The van der Waals surface area contributed by atoms with Gasteiger partial charge in [-0.3, -0.25) is 0 Å². The van der Waals surface area contributed by atoms with Crippen molar-refractivity contribution in [3.8, 4) is 0 Å². The maximum absolute atomic E-state index is 13.2. The number of halogens is 3. The normalized spacial score (nSPS) is 25.6. The van der Waals surface area contributed by atoms with Crippen LogP contribution in [0.3, 0.4) is 0 Å². The van der Waals surface area contributed by atoms with Crippen LogP contribution in [0.5, 0.6) is 0 Å². The van der Waals surface area contributed by atoms with E-state index in [1.807, 2.05) is 17.9 Å². The first-order chi connectivity index (χ1) is 9.42. The molecule has 2 heterocycles. The van der Waals surface area contributed by atoms with Gasteiger partial charge in [0.1, 0.15) is 0 Å². The Morgan fingerprint density at radius 1 is 1.40 bits per heavy atom. The van der Waals surface area contributed by atoms with E-state index in [1.165, 1.54) is 6.07 Å². The molecule has 0 bridgehead atoms. The summed E-state index contributed by atoms with van der Waals surface area (Å²) in [5, 5.41) is 3.30. The number of hydrogen-bond acceptors (Lipinski definition) is 2. The maximum atomic E-state index is 13.2. The Labute approximate surface area is 116 Å². The third-order valence-electron chi connectivity index (χ3n) is 4.52. The molecule has 0 unspecified atom stereocenters. The molecule has 1 atom stereocenters. The van der Waals surface area contributed by atoms with Gasteiger partial charge in [-0.25, -0.2) is 0 Å². The highest BCUT2D eigenvalue weighted by Crippen LogP contribution is 2.51. The molecule has 0 aromatic heterocycles. The lowest BCUT2D eigenvalue weighted by Gasteiger charge is -2.44. The molecule has 2 aliphatic rings. The average Bonchev–Trinajstić information content (AvgIpc) is 2.69. The maximum Gasteiger partial charge on any atom is 0.417 e. The SMILES string of the molecule is C=C1c2c(C(F)(F)F)cccc2[C@]2(CC)CNCCN12. The van der Waals surface area contributed by atoms with Gasteiger partial charge in [0.2, 0.25) is 0 Å². The Kier molecular flexibility index (Phi) is 2.87. The van der Waals surface area contributed by atoms with E-state index in [0.717, 1.165) is 24.6 Å². The van der Waals surface area contributed by atoms with Crippen molar-refractivity contribution >= 4 is 5.70 Å². The lowest BCUT2D eigenvalue weighted by atomic mass is 9.84. The summed E-state index contributed by atoms with van der Waals surface area (Å²) in [7, 11) is 0. The van der Waals surface area contributed by atoms with Gasteiger partial charge in [-0.05, 0) is 18.1 Å².